The van der Waals surface area contributed by atoms with E-state index in [-0.39, 0.29) is 5.91 Å². The van der Waals surface area contributed by atoms with Crippen LogP contribution < -0.4 is 4.90 Å². The monoisotopic (exact) mass is 346 g/mol. The largest absolute Gasteiger partial charge is 0.341 e. The number of amides is 1. The third-order valence-electron chi connectivity index (χ3n) is 2.83. The standard InChI is InChI=1S/C11H15IN4O/c1-9(17)15-3-2-4-16(6-5-15)11-13-7-10(12)8-14-11/h7-8H,2-6H2,1H3. The van der Waals surface area contributed by atoms with Crippen LogP contribution in [0.5, 0.6) is 0 Å². The summed E-state index contributed by atoms with van der Waals surface area (Å²) in [5.74, 6) is 0.909. The molecule has 0 aliphatic carbocycles. The van der Waals surface area contributed by atoms with Crippen molar-refractivity contribution in [1.29, 1.82) is 0 Å². The van der Waals surface area contributed by atoms with E-state index in [1.54, 1.807) is 6.92 Å². The molecule has 1 aliphatic heterocycles. The van der Waals surface area contributed by atoms with E-state index in [1.807, 2.05) is 17.3 Å². The average Bonchev–Trinajstić information content (AvgIpc) is 2.55. The van der Waals surface area contributed by atoms with Crippen LogP contribution in [-0.2, 0) is 4.79 Å². The Kier molecular flexibility index (Phi) is 4.14. The fourth-order valence-electron chi connectivity index (χ4n) is 1.90. The van der Waals surface area contributed by atoms with Gasteiger partial charge in [-0.2, -0.15) is 0 Å². The lowest BCUT2D eigenvalue weighted by Gasteiger charge is -2.21. The van der Waals surface area contributed by atoms with E-state index in [2.05, 4.69) is 37.5 Å². The van der Waals surface area contributed by atoms with E-state index < -0.39 is 0 Å². The first-order valence-corrected chi connectivity index (χ1v) is 6.72. The molecule has 0 unspecified atom stereocenters. The van der Waals surface area contributed by atoms with Crippen molar-refractivity contribution < 1.29 is 4.79 Å². The predicted octanol–water partition coefficient (Wildman–Crippen LogP) is 1.14. The number of anilines is 1. The maximum absolute atomic E-state index is 11.3. The summed E-state index contributed by atoms with van der Waals surface area (Å²) in [6.45, 7) is 4.92. The summed E-state index contributed by atoms with van der Waals surface area (Å²) in [7, 11) is 0. The maximum atomic E-state index is 11.3. The minimum atomic E-state index is 0.148. The molecule has 0 N–H and O–H groups in total. The zero-order valence-corrected chi connectivity index (χ0v) is 11.9. The van der Waals surface area contributed by atoms with E-state index in [0.717, 1.165) is 42.1 Å². The topological polar surface area (TPSA) is 49.3 Å². The molecule has 0 atom stereocenters. The number of hydrogen-bond acceptors (Lipinski definition) is 4. The Morgan fingerprint density at radius 2 is 1.94 bits per heavy atom. The molecule has 0 aromatic carbocycles. The van der Waals surface area contributed by atoms with Gasteiger partial charge in [0.05, 0.1) is 0 Å². The minimum absolute atomic E-state index is 0.148. The molecule has 1 aromatic rings. The molecule has 1 saturated heterocycles. The van der Waals surface area contributed by atoms with Gasteiger partial charge >= 0.3 is 0 Å². The summed E-state index contributed by atoms with van der Waals surface area (Å²) >= 11 is 2.19. The first-order chi connectivity index (χ1) is 8.16. The quantitative estimate of drug-likeness (QED) is 0.716. The number of halogens is 1. The summed E-state index contributed by atoms with van der Waals surface area (Å²) < 4.78 is 1.03. The van der Waals surface area contributed by atoms with Crippen molar-refractivity contribution in [1.82, 2.24) is 14.9 Å². The van der Waals surface area contributed by atoms with Crippen LogP contribution >= 0.6 is 22.6 Å². The van der Waals surface area contributed by atoms with Gasteiger partial charge in [0.15, 0.2) is 0 Å². The van der Waals surface area contributed by atoms with Crippen molar-refractivity contribution in [3.05, 3.63) is 16.0 Å². The second-order valence-corrected chi connectivity index (χ2v) is 5.29. The normalized spacial score (nSPS) is 16.8. The first-order valence-electron chi connectivity index (χ1n) is 5.65. The lowest BCUT2D eigenvalue weighted by atomic mass is 10.4. The van der Waals surface area contributed by atoms with Crippen LogP contribution in [0.1, 0.15) is 13.3 Å². The highest BCUT2D eigenvalue weighted by atomic mass is 127. The molecule has 0 saturated carbocycles. The highest BCUT2D eigenvalue weighted by molar-refractivity contribution is 14.1. The summed E-state index contributed by atoms with van der Waals surface area (Å²) in [4.78, 5) is 24.0. The van der Waals surface area contributed by atoms with E-state index in [9.17, 15) is 4.79 Å². The van der Waals surface area contributed by atoms with Gasteiger partial charge < -0.3 is 9.80 Å². The molecule has 2 heterocycles. The lowest BCUT2D eigenvalue weighted by Crippen LogP contribution is -2.34. The Morgan fingerprint density at radius 3 is 2.59 bits per heavy atom. The van der Waals surface area contributed by atoms with Gasteiger partial charge in [-0.1, -0.05) is 0 Å². The first kappa shape index (κ1) is 12.5. The summed E-state index contributed by atoms with van der Waals surface area (Å²) in [6.07, 6.45) is 4.60. The molecular formula is C11H15IN4O. The van der Waals surface area contributed by atoms with Crippen molar-refractivity contribution in [3.63, 3.8) is 0 Å². The molecule has 6 heteroatoms. The van der Waals surface area contributed by atoms with Gasteiger partial charge in [0.1, 0.15) is 0 Å². The molecule has 1 aromatic heterocycles. The number of aromatic nitrogens is 2. The second kappa shape index (κ2) is 5.61. The SMILES string of the molecule is CC(=O)N1CCCN(c2ncc(I)cn2)CC1. The number of carbonyl (C=O) groups is 1. The molecule has 0 spiro atoms. The molecule has 92 valence electrons. The van der Waals surface area contributed by atoms with Crippen LogP contribution in [0.15, 0.2) is 12.4 Å². The van der Waals surface area contributed by atoms with Crippen molar-refractivity contribution in [2.75, 3.05) is 31.1 Å². The van der Waals surface area contributed by atoms with E-state index in [4.69, 9.17) is 0 Å². The average molecular weight is 346 g/mol. The second-order valence-electron chi connectivity index (χ2n) is 4.05. The van der Waals surface area contributed by atoms with Gasteiger partial charge in [-0.05, 0) is 29.0 Å². The van der Waals surface area contributed by atoms with E-state index in [0.29, 0.717) is 0 Å². The maximum Gasteiger partial charge on any atom is 0.225 e. The predicted molar refractivity (Wildman–Crippen MR) is 73.8 cm³/mol. The molecule has 2 rings (SSSR count). The Bertz CT molecular complexity index is 395. The Hall–Kier alpha value is -0.920. The van der Waals surface area contributed by atoms with Crippen molar-refractivity contribution in [3.8, 4) is 0 Å². The van der Waals surface area contributed by atoms with Crippen LogP contribution in [0.25, 0.3) is 0 Å². The van der Waals surface area contributed by atoms with E-state index >= 15 is 0 Å². The fraction of sp³-hybridized carbons (Fsp3) is 0.545. The minimum Gasteiger partial charge on any atom is -0.341 e. The number of hydrogen-bond donors (Lipinski definition) is 0. The van der Waals surface area contributed by atoms with Gasteiger partial charge in [-0.25, -0.2) is 9.97 Å². The smallest absolute Gasteiger partial charge is 0.225 e. The molecule has 1 amide bonds. The van der Waals surface area contributed by atoms with Crippen LogP contribution in [0.3, 0.4) is 0 Å². The van der Waals surface area contributed by atoms with Crippen LogP contribution in [0.2, 0.25) is 0 Å². The number of rotatable bonds is 1. The highest BCUT2D eigenvalue weighted by Crippen LogP contribution is 2.12. The molecule has 17 heavy (non-hydrogen) atoms. The lowest BCUT2D eigenvalue weighted by molar-refractivity contribution is -0.128. The zero-order valence-electron chi connectivity index (χ0n) is 9.77. The molecular weight excluding hydrogens is 331 g/mol. The fourth-order valence-corrected chi connectivity index (χ4v) is 2.18. The van der Waals surface area contributed by atoms with Gasteiger partial charge in [-0.15, -0.1) is 0 Å². The third-order valence-corrected chi connectivity index (χ3v) is 3.39. The van der Waals surface area contributed by atoms with Gasteiger partial charge in [0, 0.05) is 49.1 Å². The molecule has 1 aliphatic rings. The molecule has 1 fully saturated rings. The van der Waals surface area contributed by atoms with Gasteiger partial charge in [0.2, 0.25) is 11.9 Å². The van der Waals surface area contributed by atoms with Crippen molar-refractivity contribution in [2.24, 2.45) is 0 Å². The van der Waals surface area contributed by atoms with Crippen molar-refractivity contribution in [2.45, 2.75) is 13.3 Å². The van der Waals surface area contributed by atoms with Gasteiger partial charge in [0.25, 0.3) is 0 Å². The number of carbonyl (C=O) groups excluding carboxylic acids is 1. The molecule has 0 bridgehead atoms. The Labute approximate surface area is 114 Å². The summed E-state index contributed by atoms with van der Waals surface area (Å²) in [6, 6.07) is 0. The van der Waals surface area contributed by atoms with E-state index in [1.165, 1.54) is 0 Å². The Morgan fingerprint density at radius 1 is 1.24 bits per heavy atom. The molecule has 5 nitrogen and oxygen atoms in total. The highest BCUT2D eigenvalue weighted by Gasteiger charge is 2.17. The van der Waals surface area contributed by atoms with Crippen LogP contribution in [0.4, 0.5) is 5.95 Å². The van der Waals surface area contributed by atoms with Crippen LogP contribution in [0, 0.1) is 3.57 Å². The summed E-state index contributed by atoms with van der Waals surface area (Å²) in [5.41, 5.74) is 0. The van der Waals surface area contributed by atoms with Crippen molar-refractivity contribution >= 4 is 34.4 Å². The summed E-state index contributed by atoms with van der Waals surface area (Å²) in [5, 5.41) is 0. The van der Waals surface area contributed by atoms with Gasteiger partial charge in [-0.3, -0.25) is 4.79 Å². The third kappa shape index (κ3) is 3.27. The zero-order chi connectivity index (χ0) is 12.3. The Balaban J connectivity index is 2.03. The molecule has 0 radical (unpaired) electrons. The number of nitrogens with zero attached hydrogens (tertiary/aromatic N) is 4. The van der Waals surface area contributed by atoms with Crippen LogP contribution in [-0.4, -0.2) is 47.0 Å².